The predicted octanol–water partition coefficient (Wildman–Crippen LogP) is 6.45. The van der Waals surface area contributed by atoms with Gasteiger partial charge in [-0.3, -0.25) is 0 Å². The van der Waals surface area contributed by atoms with Crippen LogP contribution >= 0.6 is 31.9 Å². The van der Waals surface area contributed by atoms with Gasteiger partial charge in [-0.15, -0.1) is 0 Å². The van der Waals surface area contributed by atoms with Gasteiger partial charge in [0.25, 0.3) is 0 Å². The Labute approximate surface area is 174 Å². The standard InChI is InChI=1S/C22H16Br2N2O/c23-16-9-5-14(6-10-16)19-13-20-18-3-1-2-4-21(18)27-22(26(20)25-19)15-7-11-17(24)12-8-15/h1-12,20,22H,13H2/t20-,22-/m0/s1. The highest BCUT2D eigenvalue weighted by atomic mass is 79.9. The van der Waals surface area contributed by atoms with Gasteiger partial charge in [0, 0.05) is 26.5 Å². The molecule has 0 aliphatic carbocycles. The van der Waals surface area contributed by atoms with Crippen LogP contribution < -0.4 is 4.74 Å². The van der Waals surface area contributed by atoms with Gasteiger partial charge in [0.2, 0.25) is 6.23 Å². The zero-order valence-corrected chi connectivity index (χ0v) is 17.5. The molecule has 3 nitrogen and oxygen atoms in total. The van der Waals surface area contributed by atoms with Crippen molar-refractivity contribution in [1.29, 1.82) is 0 Å². The molecule has 0 radical (unpaired) electrons. The molecule has 2 aliphatic heterocycles. The summed E-state index contributed by atoms with van der Waals surface area (Å²) in [6, 6.07) is 25.1. The lowest BCUT2D eigenvalue weighted by atomic mass is 9.96. The van der Waals surface area contributed by atoms with Crippen LogP contribution in [-0.4, -0.2) is 10.7 Å². The number of hydrazone groups is 1. The molecule has 5 heteroatoms. The number of hydrogen-bond acceptors (Lipinski definition) is 3. The van der Waals surface area contributed by atoms with Crippen LogP contribution in [0.4, 0.5) is 0 Å². The lowest BCUT2D eigenvalue weighted by molar-refractivity contribution is -0.0190. The van der Waals surface area contributed by atoms with Crippen molar-refractivity contribution in [2.75, 3.05) is 0 Å². The van der Waals surface area contributed by atoms with Gasteiger partial charge in [-0.25, -0.2) is 5.01 Å². The third-order valence-corrected chi connectivity index (χ3v) is 6.09. The summed E-state index contributed by atoms with van der Waals surface area (Å²) in [6.45, 7) is 0. The van der Waals surface area contributed by atoms with E-state index in [-0.39, 0.29) is 12.3 Å². The molecule has 5 rings (SSSR count). The summed E-state index contributed by atoms with van der Waals surface area (Å²) in [6.07, 6.45) is 0.639. The van der Waals surface area contributed by atoms with E-state index < -0.39 is 0 Å². The topological polar surface area (TPSA) is 24.8 Å². The van der Waals surface area contributed by atoms with Crippen molar-refractivity contribution >= 4 is 37.6 Å². The average molecular weight is 484 g/mol. The molecule has 0 N–H and O–H groups in total. The molecule has 0 spiro atoms. The predicted molar refractivity (Wildman–Crippen MR) is 114 cm³/mol. The maximum atomic E-state index is 6.37. The Hall–Kier alpha value is -2.11. The van der Waals surface area contributed by atoms with Crippen molar-refractivity contribution in [3.05, 3.63) is 98.4 Å². The van der Waals surface area contributed by atoms with Crippen molar-refractivity contribution in [1.82, 2.24) is 5.01 Å². The monoisotopic (exact) mass is 482 g/mol. The molecule has 2 aliphatic rings. The Balaban J connectivity index is 1.58. The number of para-hydroxylation sites is 1. The summed E-state index contributed by atoms with van der Waals surface area (Å²) in [5.41, 5.74) is 4.54. The van der Waals surface area contributed by atoms with Crippen LogP contribution in [-0.2, 0) is 0 Å². The molecule has 0 bridgehead atoms. The van der Waals surface area contributed by atoms with Gasteiger partial charge in [0.05, 0.1) is 11.8 Å². The van der Waals surface area contributed by atoms with E-state index >= 15 is 0 Å². The fraction of sp³-hybridized carbons (Fsp3) is 0.136. The van der Waals surface area contributed by atoms with Crippen LogP contribution in [0.5, 0.6) is 5.75 Å². The minimum absolute atomic E-state index is 0.183. The first-order valence-corrected chi connectivity index (χ1v) is 10.4. The molecular weight excluding hydrogens is 468 g/mol. The highest BCUT2D eigenvalue weighted by Crippen LogP contribution is 2.47. The van der Waals surface area contributed by atoms with Crippen molar-refractivity contribution in [3.8, 4) is 5.75 Å². The van der Waals surface area contributed by atoms with Gasteiger partial charge >= 0.3 is 0 Å². The molecule has 0 fully saturated rings. The van der Waals surface area contributed by atoms with Crippen LogP contribution in [0.3, 0.4) is 0 Å². The lowest BCUT2D eigenvalue weighted by Crippen LogP contribution is -2.33. The van der Waals surface area contributed by atoms with Crippen molar-refractivity contribution in [2.45, 2.75) is 18.7 Å². The summed E-state index contributed by atoms with van der Waals surface area (Å²) in [5.74, 6) is 0.943. The number of benzene rings is 3. The van der Waals surface area contributed by atoms with E-state index in [2.05, 4.69) is 91.5 Å². The molecule has 3 aromatic carbocycles. The van der Waals surface area contributed by atoms with Crippen molar-refractivity contribution < 1.29 is 4.74 Å². The molecular formula is C22H16Br2N2O. The highest BCUT2D eigenvalue weighted by Gasteiger charge is 2.40. The third kappa shape index (κ3) is 3.09. The first kappa shape index (κ1) is 17.0. The van der Waals surface area contributed by atoms with E-state index in [0.29, 0.717) is 0 Å². The molecule has 0 saturated heterocycles. The molecule has 27 heavy (non-hydrogen) atoms. The molecule has 0 saturated carbocycles. The van der Waals surface area contributed by atoms with Crippen molar-refractivity contribution in [3.63, 3.8) is 0 Å². The first-order valence-electron chi connectivity index (χ1n) is 8.82. The lowest BCUT2D eigenvalue weighted by Gasteiger charge is -2.38. The summed E-state index contributed by atoms with van der Waals surface area (Å²) in [7, 11) is 0. The summed E-state index contributed by atoms with van der Waals surface area (Å²) < 4.78 is 8.50. The highest BCUT2D eigenvalue weighted by molar-refractivity contribution is 9.10. The molecule has 2 heterocycles. The molecule has 0 amide bonds. The third-order valence-electron chi connectivity index (χ3n) is 5.03. The molecule has 134 valence electrons. The second kappa shape index (κ2) is 6.80. The number of rotatable bonds is 2. The quantitative estimate of drug-likeness (QED) is 0.418. The van der Waals surface area contributed by atoms with E-state index in [1.807, 2.05) is 18.2 Å². The Kier molecular flexibility index (Phi) is 4.29. The minimum Gasteiger partial charge on any atom is -0.464 e. The Morgan fingerprint density at radius 3 is 2.26 bits per heavy atom. The SMILES string of the molecule is Brc1ccc(C2=NN3[C@@H](C2)c2ccccc2O[C@H]3c2ccc(Br)cc2)cc1. The second-order valence-electron chi connectivity index (χ2n) is 6.71. The van der Waals surface area contributed by atoms with Gasteiger partial charge in [-0.05, 0) is 35.9 Å². The van der Waals surface area contributed by atoms with Crippen LogP contribution in [0.1, 0.15) is 35.4 Å². The van der Waals surface area contributed by atoms with E-state index in [1.54, 1.807) is 0 Å². The van der Waals surface area contributed by atoms with Crippen LogP contribution in [0.15, 0.2) is 86.8 Å². The zero-order chi connectivity index (χ0) is 18.4. The Bertz CT molecular complexity index is 1020. The Morgan fingerprint density at radius 2 is 1.52 bits per heavy atom. The number of nitrogens with zero attached hydrogens (tertiary/aromatic N) is 2. The Morgan fingerprint density at radius 1 is 0.852 bits per heavy atom. The van der Waals surface area contributed by atoms with Gasteiger partial charge in [0.1, 0.15) is 5.75 Å². The van der Waals surface area contributed by atoms with Crippen LogP contribution in [0.25, 0.3) is 0 Å². The fourth-order valence-electron chi connectivity index (χ4n) is 3.70. The van der Waals surface area contributed by atoms with Gasteiger partial charge in [-0.2, -0.15) is 5.10 Å². The maximum Gasteiger partial charge on any atom is 0.213 e. The molecule has 0 aromatic heterocycles. The largest absolute Gasteiger partial charge is 0.464 e. The van der Waals surface area contributed by atoms with Gasteiger partial charge < -0.3 is 4.74 Å². The zero-order valence-electron chi connectivity index (χ0n) is 14.3. The van der Waals surface area contributed by atoms with E-state index in [9.17, 15) is 0 Å². The average Bonchev–Trinajstić information content (AvgIpc) is 3.14. The summed E-state index contributed by atoms with van der Waals surface area (Å²) >= 11 is 7.02. The number of ether oxygens (including phenoxy) is 1. The van der Waals surface area contributed by atoms with Gasteiger partial charge in [-0.1, -0.05) is 74.3 Å². The minimum atomic E-state index is -0.231. The molecule has 0 unspecified atom stereocenters. The van der Waals surface area contributed by atoms with Crippen LogP contribution in [0.2, 0.25) is 0 Å². The maximum absolute atomic E-state index is 6.37. The number of hydrogen-bond donors (Lipinski definition) is 0. The van der Waals surface area contributed by atoms with E-state index in [4.69, 9.17) is 9.84 Å². The fourth-order valence-corrected chi connectivity index (χ4v) is 4.23. The van der Waals surface area contributed by atoms with Crippen molar-refractivity contribution in [2.24, 2.45) is 5.10 Å². The summed E-state index contributed by atoms with van der Waals surface area (Å²) in [5, 5.41) is 7.10. The normalized spacial score (nSPS) is 20.5. The molecule has 3 aromatic rings. The summed E-state index contributed by atoms with van der Waals surface area (Å²) in [4.78, 5) is 0. The smallest absolute Gasteiger partial charge is 0.213 e. The van der Waals surface area contributed by atoms with Crippen LogP contribution in [0, 0.1) is 0 Å². The van der Waals surface area contributed by atoms with Gasteiger partial charge in [0.15, 0.2) is 0 Å². The number of fused-ring (bicyclic) bond motifs is 3. The van der Waals surface area contributed by atoms with E-state index in [0.717, 1.165) is 38.0 Å². The van der Waals surface area contributed by atoms with E-state index in [1.165, 1.54) is 5.56 Å². The molecule has 2 atom stereocenters. The first-order chi connectivity index (χ1) is 13.2. The second-order valence-corrected chi connectivity index (χ2v) is 8.54. The number of halogens is 2.